The van der Waals surface area contributed by atoms with E-state index in [1.165, 1.54) is 0 Å². The third-order valence-electron chi connectivity index (χ3n) is 2.67. The van der Waals surface area contributed by atoms with E-state index < -0.39 is 0 Å². The smallest absolute Gasteiger partial charge is 0.171 e. The van der Waals surface area contributed by atoms with Crippen molar-refractivity contribution >= 4 is 6.29 Å². The Kier molecular flexibility index (Phi) is 3.05. The van der Waals surface area contributed by atoms with Crippen molar-refractivity contribution in [3.8, 4) is 0 Å². The van der Waals surface area contributed by atoms with Crippen LogP contribution in [0.3, 0.4) is 0 Å². The molecule has 1 atom stereocenters. The summed E-state index contributed by atoms with van der Waals surface area (Å²) in [4.78, 5) is 12.5. The van der Waals surface area contributed by atoms with E-state index in [2.05, 4.69) is 10.3 Å². The average Bonchev–Trinajstić information content (AvgIpc) is 2.85. The fourth-order valence-electron chi connectivity index (χ4n) is 1.87. The Morgan fingerprint density at radius 3 is 3.20 bits per heavy atom. The molecule has 82 valence electrons. The number of aldehydes is 1. The van der Waals surface area contributed by atoms with Crippen LogP contribution in [-0.2, 0) is 0 Å². The highest BCUT2D eigenvalue weighted by molar-refractivity contribution is 5.70. The average molecular weight is 212 g/mol. The Labute approximate surface area is 86.9 Å². The number of likely N-dealkylation sites (tertiary alicyclic amines) is 1. The van der Waals surface area contributed by atoms with Gasteiger partial charge >= 0.3 is 0 Å². The standard InChI is InChI=1S/C9H13FN4O/c10-2-4-13-3-1-9(6-13)14-5-8(7-15)11-12-14/h5,7,9H,1-4,6H2. The van der Waals surface area contributed by atoms with Crippen molar-refractivity contribution in [2.75, 3.05) is 26.3 Å². The van der Waals surface area contributed by atoms with Crippen LogP contribution in [0, 0.1) is 0 Å². The summed E-state index contributed by atoms with van der Waals surface area (Å²) in [5.74, 6) is 0. The number of rotatable bonds is 4. The predicted molar refractivity (Wildman–Crippen MR) is 51.5 cm³/mol. The van der Waals surface area contributed by atoms with Gasteiger partial charge in [0.25, 0.3) is 0 Å². The molecule has 2 heterocycles. The highest BCUT2D eigenvalue weighted by Gasteiger charge is 2.24. The van der Waals surface area contributed by atoms with Crippen LogP contribution >= 0.6 is 0 Å². The summed E-state index contributed by atoms with van der Waals surface area (Å²) >= 11 is 0. The first-order chi connectivity index (χ1) is 7.33. The molecule has 0 radical (unpaired) electrons. The fraction of sp³-hybridized carbons (Fsp3) is 0.667. The van der Waals surface area contributed by atoms with Gasteiger partial charge in [0.05, 0.1) is 12.2 Å². The van der Waals surface area contributed by atoms with Gasteiger partial charge in [-0.1, -0.05) is 5.21 Å². The first-order valence-electron chi connectivity index (χ1n) is 4.99. The second-order valence-corrected chi connectivity index (χ2v) is 3.67. The summed E-state index contributed by atoms with van der Waals surface area (Å²) < 4.78 is 13.8. The van der Waals surface area contributed by atoms with Crippen LogP contribution in [0.25, 0.3) is 0 Å². The maximum atomic E-state index is 12.1. The molecule has 1 saturated heterocycles. The Morgan fingerprint density at radius 1 is 1.67 bits per heavy atom. The number of aromatic nitrogens is 3. The topological polar surface area (TPSA) is 51.0 Å². The van der Waals surface area contributed by atoms with E-state index in [-0.39, 0.29) is 12.7 Å². The van der Waals surface area contributed by atoms with Gasteiger partial charge in [-0.05, 0) is 6.42 Å². The molecule has 1 aromatic heterocycles. The summed E-state index contributed by atoms with van der Waals surface area (Å²) in [6, 6.07) is 0.220. The fourth-order valence-corrected chi connectivity index (χ4v) is 1.87. The minimum atomic E-state index is -0.316. The highest BCUT2D eigenvalue weighted by Crippen LogP contribution is 2.19. The van der Waals surface area contributed by atoms with Crippen molar-refractivity contribution < 1.29 is 9.18 Å². The van der Waals surface area contributed by atoms with Crippen LogP contribution in [0.5, 0.6) is 0 Å². The van der Waals surface area contributed by atoms with E-state index in [0.29, 0.717) is 18.5 Å². The Morgan fingerprint density at radius 2 is 2.53 bits per heavy atom. The van der Waals surface area contributed by atoms with Gasteiger partial charge in [-0.3, -0.25) is 9.69 Å². The SMILES string of the molecule is O=Cc1cn(C2CCN(CCF)C2)nn1. The van der Waals surface area contributed by atoms with E-state index in [9.17, 15) is 9.18 Å². The predicted octanol–water partition coefficient (Wildman–Crippen LogP) is 0.307. The van der Waals surface area contributed by atoms with Crippen molar-refractivity contribution in [1.29, 1.82) is 0 Å². The van der Waals surface area contributed by atoms with Crippen LogP contribution in [-0.4, -0.2) is 52.5 Å². The van der Waals surface area contributed by atoms with Crippen molar-refractivity contribution in [2.45, 2.75) is 12.5 Å². The largest absolute Gasteiger partial charge is 0.299 e. The lowest BCUT2D eigenvalue weighted by atomic mass is 10.3. The van der Waals surface area contributed by atoms with Gasteiger partial charge < -0.3 is 0 Å². The molecule has 1 aliphatic heterocycles. The molecule has 6 heteroatoms. The molecule has 0 aliphatic carbocycles. The molecule has 1 fully saturated rings. The van der Waals surface area contributed by atoms with Crippen LogP contribution in [0.2, 0.25) is 0 Å². The zero-order chi connectivity index (χ0) is 10.7. The van der Waals surface area contributed by atoms with Crippen LogP contribution in [0.15, 0.2) is 6.20 Å². The maximum absolute atomic E-state index is 12.1. The van der Waals surface area contributed by atoms with Crippen LogP contribution in [0.1, 0.15) is 23.0 Å². The Balaban J connectivity index is 1.98. The number of halogens is 1. The lowest BCUT2D eigenvalue weighted by Gasteiger charge is -2.13. The molecule has 0 N–H and O–H groups in total. The minimum Gasteiger partial charge on any atom is -0.299 e. The van der Waals surface area contributed by atoms with E-state index in [1.807, 2.05) is 4.90 Å². The third kappa shape index (κ3) is 2.20. The van der Waals surface area contributed by atoms with Crippen molar-refractivity contribution in [3.05, 3.63) is 11.9 Å². The van der Waals surface area contributed by atoms with Gasteiger partial charge in [0.15, 0.2) is 6.29 Å². The summed E-state index contributed by atoms with van der Waals surface area (Å²) in [6.07, 6.45) is 3.25. The number of carbonyl (C=O) groups excluding carboxylic acids is 1. The molecular weight excluding hydrogens is 199 g/mol. The number of hydrogen-bond acceptors (Lipinski definition) is 4. The summed E-state index contributed by atoms with van der Waals surface area (Å²) in [5, 5.41) is 7.58. The molecule has 0 aromatic carbocycles. The summed E-state index contributed by atoms with van der Waals surface area (Å²) in [7, 11) is 0. The molecule has 0 amide bonds. The molecule has 1 aliphatic rings. The molecule has 2 rings (SSSR count). The molecule has 5 nitrogen and oxygen atoms in total. The zero-order valence-corrected chi connectivity index (χ0v) is 8.34. The lowest BCUT2D eigenvalue weighted by Crippen LogP contribution is -2.24. The van der Waals surface area contributed by atoms with E-state index in [4.69, 9.17) is 0 Å². The molecule has 0 saturated carbocycles. The van der Waals surface area contributed by atoms with E-state index in [1.54, 1.807) is 10.9 Å². The van der Waals surface area contributed by atoms with Gasteiger partial charge in [-0.15, -0.1) is 5.10 Å². The molecule has 0 spiro atoms. The number of alkyl halides is 1. The van der Waals surface area contributed by atoms with Crippen molar-refractivity contribution in [3.63, 3.8) is 0 Å². The van der Waals surface area contributed by atoms with Crippen molar-refractivity contribution in [1.82, 2.24) is 19.9 Å². The molecule has 1 unspecified atom stereocenters. The summed E-state index contributed by atoms with van der Waals surface area (Å²) in [6.45, 7) is 1.83. The third-order valence-corrected chi connectivity index (χ3v) is 2.67. The molecular formula is C9H13FN4O. The second-order valence-electron chi connectivity index (χ2n) is 3.67. The first-order valence-corrected chi connectivity index (χ1v) is 4.99. The first kappa shape index (κ1) is 10.2. The number of nitrogens with zero attached hydrogens (tertiary/aromatic N) is 4. The van der Waals surface area contributed by atoms with Crippen molar-refractivity contribution in [2.24, 2.45) is 0 Å². The van der Waals surface area contributed by atoms with Crippen LogP contribution < -0.4 is 0 Å². The summed E-state index contributed by atoms with van der Waals surface area (Å²) in [5.41, 5.74) is 0.346. The van der Waals surface area contributed by atoms with Gasteiger partial charge in [-0.2, -0.15) is 0 Å². The van der Waals surface area contributed by atoms with Gasteiger partial charge in [-0.25, -0.2) is 9.07 Å². The van der Waals surface area contributed by atoms with Gasteiger partial charge in [0, 0.05) is 19.6 Å². The second kappa shape index (κ2) is 4.48. The van der Waals surface area contributed by atoms with Crippen LogP contribution in [0.4, 0.5) is 4.39 Å². The minimum absolute atomic E-state index is 0.220. The Bertz CT molecular complexity index is 341. The molecule has 0 bridgehead atoms. The quantitative estimate of drug-likeness (QED) is 0.674. The number of carbonyl (C=O) groups is 1. The lowest BCUT2D eigenvalue weighted by molar-refractivity contribution is 0.111. The highest BCUT2D eigenvalue weighted by atomic mass is 19.1. The van der Waals surface area contributed by atoms with Gasteiger partial charge in [0.1, 0.15) is 12.4 Å². The van der Waals surface area contributed by atoms with E-state index in [0.717, 1.165) is 19.5 Å². The van der Waals surface area contributed by atoms with Gasteiger partial charge in [0.2, 0.25) is 0 Å². The molecule has 1 aromatic rings. The normalized spacial score (nSPS) is 22.1. The zero-order valence-electron chi connectivity index (χ0n) is 8.34. The Hall–Kier alpha value is -1.30. The number of hydrogen-bond donors (Lipinski definition) is 0. The monoisotopic (exact) mass is 212 g/mol. The maximum Gasteiger partial charge on any atom is 0.171 e. The van der Waals surface area contributed by atoms with E-state index >= 15 is 0 Å². The molecule has 15 heavy (non-hydrogen) atoms.